The van der Waals surface area contributed by atoms with E-state index in [1.807, 2.05) is 0 Å². The first kappa shape index (κ1) is 4.91. The van der Waals surface area contributed by atoms with Crippen molar-refractivity contribution < 1.29 is 4.74 Å². The standard InChI is InChI=1S/C4H5N3O/c5-3-7-4-6-1-2-8-4/h1-2H2,(H,6,7). The highest BCUT2D eigenvalue weighted by Crippen LogP contribution is 1.88. The molecule has 0 radical (unpaired) electrons. The summed E-state index contributed by atoms with van der Waals surface area (Å²) in [5, 5.41) is 10.3. The van der Waals surface area contributed by atoms with Crippen molar-refractivity contribution in [3.05, 3.63) is 0 Å². The second kappa shape index (κ2) is 2.17. The summed E-state index contributed by atoms with van der Waals surface area (Å²) in [5.74, 6) is 0. The van der Waals surface area contributed by atoms with Crippen molar-refractivity contribution in [3.8, 4) is 6.19 Å². The van der Waals surface area contributed by atoms with Gasteiger partial charge in [0.2, 0.25) is 0 Å². The van der Waals surface area contributed by atoms with Crippen molar-refractivity contribution in [1.29, 1.82) is 5.26 Å². The van der Waals surface area contributed by atoms with Crippen LogP contribution in [0, 0.1) is 11.5 Å². The molecule has 0 amide bonds. The lowest BCUT2D eigenvalue weighted by Crippen LogP contribution is -2.16. The number of nitrogens with zero attached hydrogens (tertiary/aromatic N) is 2. The van der Waals surface area contributed by atoms with Crippen LogP contribution >= 0.6 is 0 Å². The van der Waals surface area contributed by atoms with Crippen LogP contribution < -0.4 is 5.32 Å². The third-order valence-corrected chi connectivity index (χ3v) is 0.748. The quantitative estimate of drug-likeness (QED) is 0.337. The number of nitriles is 1. The summed E-state index contributed by atoms with van der Waals surface area (Å²) in [6.45, 7) is 1.24. The molecule has 4 heteroatoms. The van der Waals surface area contributed by atoms with Gasteiger partial charge in [-0.1, -0.05) is 0 Å². The van der Waals surface area contributed by atoms with Crippen molar-refractivity contribution in [2.75, 3.05) is 13.2 Å². The number of hydrogen-bond acceptors (Lipinski definition) is 4. The maximum absolute atomic E-state index is 8.00. The minimum atomic E-state index is 0.340. The molecule has 4 nitrogen and oxygen atoms in total. The zero-order chi connectivity index (χ0) is 5.82. The van der Waals surface area contributed by atoms with Crippen LogP contribution in [0.25, 0.3) is 0 Å². The van der Waals surface area contributed by atoms with Crippen LogP contribution in [0.15, 0.2) is 4.99 Å². The van der Waals surface area contributed by atoms with E-state index in [-0.39, 0.29) is 0 Å². The van der Waals surface area contributed by atoms with Crippen LogP contribution in [0.2, 0.25) is 0 Å². The van der Waals surface area contributed by atoms with Gasteiger partial charge in [-0.25, -0.2) is 10.3 Å². The molecule has 0 spiro atoms. The normalized spacial score (nSPS) is 16.1. The van der Waals surface area contributed by atoms with Gasteiger partial charge in [-0.15, -0.1) is 0 Å². The Morgan fingerprint density at radius 2 is 2.75 bits per heavy atom. The first-order valence-corrected chi connectivity index (χ1v) is 2.26. The van der Waals surface area contributed by atoms with Gasteiger partial charge in [-0.2, -0.15) is 5.26 Å². The first-order valence-electron chi connectivity index (χ1n) is 2.26. The predicted octanol–water partition coefficient (Wildman–Crippen LogP) is -0.557. The molecule has 1 aliphatic heterocycles. The van der Waals surface area contributed by atoms with Gasteiger partial charge in [0.15, 0.2) is 6.19 Å². The molecule has 0 bridgehead atoms. The summed E-state index contributed by atoms with van der Waals surface area (Å²) in [6, 6.07) is 0.340. The van der Waals surface area contributed by atoms with Gasteiger partial charge in [-0.05, 0) is 0 Å². The Morgan fingerprint density at radius 1 is 1.88 bits per heavy atom. The number of nitrogens with one attached hydrogen (secondary N) is 1. The van der Waals surface area contributed by atoms with Crippen LogP contribution in [-0.4, -0.2) is 19.2 Å². The van der Waals surface area contributed by atoms with Crippen LogP contribution in [0.5, 0.6) is 0 Å². The van der Waals surface area contributed by atoms with E-state index in [9.17, 15) is 0 Å². The third-order valence-electron chi connectivity index (χ3n) is 0.748. The summed E-state index contributed by atoms with van der Waals surface area (Å²) in [4.78, 5) is 3.79. The second-order valence-electron chi connectivity index (χ2n) is 1.27. The van der Waals surface area contributed by atoms with Crippen molar-refractivity contribution in [2.45, 2.75) is 0 Å². The highest BCUT2D eigenvalue weighted by molar-refractivity contribution is 5.76. The molecule has 1 aliphatic rings. The molecule has 0 aliphatic carbocycles. The van der Waals surface area contributed by atoms with Gasteiger partial charge in [0.05, 0.1) is 6.54 Å². The Balaban J connectivity index is 2.36. The zero-order valence-electron chi connectivity index (χ0n) is 4.22. The Labute approximate surface area is 46.8 Å². The molecule has 1 rings (SSSR count). The van der Waals surface area contributed by atoms with E-state index in [2.05, 4.69) is 10.3 Å². The summed E-state index contributed by atoms with van der Waals surface area (Å²) in [6.07, 6.45) is 1.70. The topological polar surface area (TPSA) is 57.4 Å². The third kappa shape index (κ3) is 0.877. The lowest BCUT2D eigenvalue weighted by Gasteiger charge is -1.92. The second-order valence-corrected chi connectivity index (χ2v) is 1.27. The van der Waals surface area contributed by atoms with Gasteiger partial charge in [-0.3, -0.25) is 0 Å². The van der Waals surface area contributed by atoms with Gasteiger partial charge in [0.25, 0.3) is 6.02 Å². The van der Waals surface area contributed by atoms with E-state index in [1.54, 1.807) is 6.19 Å². The highest BCUT2D eigenvalue weighted by Gasteiger charge is 2.03. The lowest BCUT2D eigenvalue weighted by atomic mass is 10.8. The number of hydrogen-bond donors (Lipinski definition) is 1. The van der Waals surface area contributed by atoms with E-state index in [1.165, 1.54) is 0 Å². The summed E-state index contributed by atoms with van der Waals surface area (Å²) in [5.41, 5.74) is 0. The molecule has 0 aromatic carbocycles. The smallest absolute Gasteiger partial charge is 0.298 e. The van der Waals surface area contributed by atoms with Crippen LogP contribution in [-0.2, 0) is 4.74 Å². The Hall–Kier alpha value is -1.24. The molecule has 0 fully saturated rings. The number of rotatable bonds is 0. The number of ether oxygens (including phenoxy) is 1. The van der Waals surface area contributed by atoms with E-state index >= 15 is 0 Å². The minimum absolute atomic E-state index is 0.340. The molecule has 1 heterocycles. The Morgan fingerprint density at radius 3 is 3.25 bits per heavy atom. The zero-order valence-corrected chi connectivity index (χ0v) is 4.22. The SMILES string of the molecule is N#CNC1=NCCO1. The molecule has 0 aromatic heterocycles. The molecule has 0 unspecified atom stereocenters. The Kier molecular flexibility index (Phi) is 1.33. The van der Waals surface area contributed by atoms with E-state index in [0.29, 0.717) is 19.2 Å². The van der Waals surface area contributed by atoms with E-state index in [4.69, 9.17) is 10.00 Å². The average molecular weight is 111 g/mol. The number of aliphatic imine (C=N–C) groups is 1. The largest absolute Gasteiger partial charge is 0.463 e. The molecule has 0 aromatic rings. The fourth-order valence-corrected chi connectivity index (χ4v) is 0.459. The monoisotopic (exact) mass is 111 g/mol. The first-order chi connectivity index (χ1) is 3.93. The van der Waals surface area contributed by atoms with Crippen LogP contribution in [0.3, 0.4) is 0 Å². The molecular weight excluding hydrogens is 106 g/mol. The minimum Gasteiger partial charge on any atom is -0.463 e. The van der Waals surface area contributed by atoms with Crippen molar-refractivity contribution in [1.82, 2.24) is 5.32 Å². The van der Waals surface area contributed by atoms with Gasteiger partial charge in [0.1, 0.15) is 6.61 Å². The van der Waals surface area contributed by atoms with Crippen molar-refractivity contribution in [3.63, 3.8) is 0 Å². The molecule has 8 heavy (non-hydrogen) atoms. The maximum Gasteiger partial charge on any atom is 0.298 e. The van der Waals surface area contributed by atoms with Gasteiger partial charge < -0.3 is 4.74 Å². The fourth-order valence-electron chi connectivity index (χ4n) is 0.459. The summed E-state index contributed by atoms with van der Waals surface area (Å²) >= 11 is 0. The fraction of sp³-hybridized carbons (Fsp3) is 0.500. The van der Waals surface area contributed by atoms with Crippen molar-refractivity contribution >= 4 is 6.02 Å². The molecule has 0 saturated carbocycles. The highest BCUT2D eigenvalue weighted by atomic mass is 16.5. The summed E-state index contributed by atoms with van der Waals surface area (Å²) < 4.78 is 4.81. The molecular formula is C4H5N3O. The molecule has 42 valence electrons. The Bertz CT molecular complexity index is 146. The summed E-state index contributed by atoms with van der Waals surface area (Å²) in [7, 11) is 0. The van der Waals surface area contributed by atoms with Crippen molar-refractivity contribution in [2.24, 2.45) is 4.99 Å². The average Bonchev–Trinajstić information content (AvgIpc) is 2.19. The predicted molar refractivity (Wildman–Crippen MR) is 27.0 cm³/mol. The molecule has 0 saturated heterocycles. The molecule has 0 atom stereocenters. The van der Waals surface area contributed by atoms with Gasteiger partial charge in [0, 0.05) is 0 Å². The maximum atomic E-state index is 8.00. The lowest BCUT2D eigenvalue weighted by molar-refractivity contribution is 0.337. The van der Waals surface area contributed by atoms with E-state index < -0.39 is 0 Å². The molecule has 1 N–H and O–H groups in total. The van der Waals surface area contributed by atoms with Gasteiger partial charge >= 0.3 is 0 Å². The van der Waals surface area contributed by atoms with E-state index in [0.717, 1.165) is 0 Å². The number of amidine groups is 1. The van der Waals surface area contributed by atoms with Crippen LogP contribution in [0.1, 0.15) is 0 Å². The van der Waals surface area contributed by atoms with Crippen LogP contribution in [0.4, 0.5) is 0 Å².